The number of hydrogen-bond donors (Lipinski definition) is 0. The van der Waals surface area contributed by atoms with E-state index in [9.17, 15) is 0 Å². The molecule has 4 rings (SSSR count). The third-order valence-corrected chi connectivity index (χ3v) is 5.28. The molecule has 1 saturated heterocycles. The zero-order valence-corrected chi connectivity index (χ0v) is 16.1. The fourth-order valence-corrected chi connectivity index (χ4v) is 3.61. The van der Waals surface area contributed by atoms with Crippen LogP contribution in [0.5, 0.6) is 0 Å². The molecule has 0 spiro atoms. The highest BCUT2D eigenvalue weighted by Gasteiger charge is 2.20. The lowest BCUT2D eigenvalue weighted by Gasteiger charge is -2.31. The van der Waals surface area contributed by atoms with E-state index in [2.05, 4.69) is 63.9 Å². The molecule has 3 aromatic rings. The van der Waals surface area contributed by atoms with E-state index in [1.807, 2.05) is 23.4 Å². The molecule has 0 amide bonds. The lowest BCUT2D eigenvalue weighted by molar-refractivity contribution is 0.0313. The summed E-state index contributed by atoms with van der Waals surface area (Å²) >= 11 is 0. The molecule has 2 aromatic heterocycles. The van der Waals surface area contributed by atoms with Gasteiger partial charge >= 0.3 is 0 Å². The normalized spacial score (nSPS) is 16.5. The Hall–Kier alpha value is -2.44. The van der Waals surface area contributed by atoms with Crippen molar-refractivity contribution in [1.82, 2.24) is 24.2 Å². The molecular weight excluding hydrogens is 338 g/mol. The van der Waals surface area contributed by atoms with E-state index in [1.54, 1.807) is 0 Å². The summed E-state index contributed by atoms with van der Waals surface area (Å²) in [5.41, 5.74) is 4.53. The summed E-state index contributed by atoms with van der Waals surface area (Å²) < 4.78 is 9.70. The van der Waals surface area contributed by atoms with Crippen LogP contribution in [0.25, 0.3) is 16.9 Å². The molecule has 1 aliphatic heterocycles. The van der Waals surface area contributed by atoms with E-state index in [0.717, 1.165) is 56.2 Å². The van der Waals surface area contributed by atoms with Crippen molar-refractivity contribution in [2.45, 2.75) is 26.3 Å². The molecule has 3 heterocycles. The summed E-state index contributed by atoms with van der Waals surface area (Å²) in [6, 6.07) is 8.79. The Balaban J connectivity index is 1.56. The fraction of sp³-hybridized carbons (Fsp3) is 0.429. The van der Waals surface area contributed by atoms with Gasteiger partial charge in [-0.15, -0.1) is 0 Å². The summed E-state index contributed by atoms with van der Waals surface area (Å²) in [4.78, 5) is 6.92. The molecule has 0 bridgehead atoms. The number of morpholine rings is 1. The first-order chi connectivity index (χ1) is 13.2. The first kappa shape index (κ1) is 17.9. The Morgan fingerprint density at radius 3 is 2.63 bits per heavy atom. The first-order valence-corrected chi connectivity index (χ1v) is 9.68. The molecule has 0 saturated carbocycles. The molecule has 6 heteroatoms. The van der Waals surface area contributed by atoms with E-state index < -0.39 is 0 Å². The van der Waals surface area contributed by atoms with Gasteiger partial charge in [0.05, 0.1) is 43.3 Å². The van der Waals surface area contributed by atoms with E-state index >= 15 is 0 Å². The van der Waals surface area contributed by atoms with Crippen molar-refractivity contribution in [3.63, 3.8) is 0 Å². The van der Waals surface area contributed by atoms with Crippen molar-refractivity contribution < 1.29 is 4.74 Å². The second kappa shape index (κ2) is 8.06. The van der Waals surface area contributed by atoms with Crippen LogP contribution in [0.1, 0.15) is 24.9 Å². The first-order valence-electron chi connectivity index (χ1n) is 9.68. The number of nitrogens with zero attached hydrogens (tertiary/aromatic N) is 5. The average Bonchev–Trinajstić information content (AvgIpc) is 3.37. The van der Waals surface area contributed by atoms with Gasteiger partial charge in [0.15, 0.2) is 0 Å². The monoisotopic (exact) mass is 365 g/mol. The lowest BCUT2D eigenvalue weighted by Crippen LogP contribution is -2.39. The minimum absolute atomic E-state index is 0.392. The Labute approximate surface area is 160 Å². The minimum Gasteiger partial charge on any atom is -0.379 e. The van der Waals surface area contributed by atoms with E-state index in [0.29, 0.717) is 6.04 Å². The van der Waals surface area contributed by atoms with Crippen LogP contribution in [0.15, 0.2) is 49.2 Å². The molecule has 6 nitrogen and oxygen atoms in total. The number of aryl methyl sites for hydroxylation is 1. The summed E-state index contributed by atoms with van der Waals surface area (Å²) in [5, 5.41) is 4.56. The Bertz CT molecular complexity index is 861. The summed E-state index contributed by atoms with van der Waals surface area (Å²) in [5.74, 6) is 0. The molecule has 0 N–H and O–H groups in total. The Morgan fingerprint density at radius 2 is 1.89 bits per heavy atom. The maximum absolute atomic E-state index is 5.48. The van der Waals surface area contributed by atoms with Crippen LogP contribution >= 0.6 is 0 Å². The largest absolute Gasteiger partial charge is 0.379 e. The van der Waals surface area contributed by atoms with Crippen LogP contribution in [0.2, 0.25) is 0 Å². The van der Waals surface area contributed by atoms with E-state index in [-0.39, 0.29) is 0 Å². The molecule has 1 atom stereocenters. The number of ether oxygens (including phenoxy) is 1. The van der Waals surface area contributed by atoms with Gasteiger partial charge in [-0.25, -0.2) is 9.67 Å². The van der Waals surface area contributed by atoms with Crippen LogP contribution in [-0.2, 0) is 4.74 Å². The van der Waals surface area contributed by atoms with Crippen LogP contribution in [0.3, 0.4) is 0 Å². The van der Waals surface area contributed by atoms with Crippen LogP contribution in [0, 0.1) is 6.92 Å². The summed E-state index contributed by atoms with van der Waals surface area (Å²) in [6.07, 6.45) is 8.97. The zero-order chi connectivity index (χ0) is 18.6. The third-order valence-electron chi connectivity index (χ3n) is 5.28. The van der Waals surface area contributed by atoms with Crippen molar-refractivity contribution in [3.05, 3.63) is 54.7 Å². The molecule has 0 radical (unpaired) electrons. The second-order valence-electron chi connectivity index (χ2n) is 7.17. The van der Waals surface area contributed by atoms with Crippen molar-refractivity contribution >= 4 is 0 Å². The third kappa shape index (κ3) is 3.96. The number of rotatable bonds is 6. The Morgan fingerprint density at radius 1 is 1.11 bits per heavy atom. The second-order valence-corrected chi connectivity index (χ2v) is 7.17. The average molecular weight is 365 g/mol. The highest BCUT2D eigenvalue weighted by molar-refractivity contribution is 5.58. The minimum atomic E-state index is 0.392. The summed E-state index contributed by atoms with van der Waals surface area (Å²) in [7, 11) is 0. The van der Waals surface area contributed by atoms with Gasteiger partial charge in [0, 0.05) is 37.4 Å². The van der Waals surface area contributed by atoms with Crippen molar-refractivity contribution in [2.75, 3.05) is 32.8 Å². The maximum Gasteiger partial charge on any atom is 0.0954 e. The smallest absolute Gasteiger partial charge is 0.0954 e. The number of hydrogen-bond acceptors (Lipinski definition) is 4. The molecular formula is C21H27N5O. The highest BCUT2D eigenvalue weighted by Crippen LogP contribution is 2.25. The van der Waals surface area contributed by atoms with Gasteiger partial charge in [-0.2, -0.15) is 5.10 Å². The van der Waals surface area contributed by atoms with Gasteiger partial charge in [0.25, 0.3) is 0 Å². The van der Waals surface area contributed by atoms with Crippen LogP contribution < -0.4 is 0 Å². The number of imidazole rings is 1. The van der Waals surface area contributed by atoms with Crippen molar-refractivity contribution in [2.24, 2.45) is 0 Å². The molecule has 1 fully saturated rings. The predicted octanol–water partition coefficient (Wildman–Crippen LogP) is 3.33. The topological polar surface area (TPSA) is 48.1 Å². The van der Waals surface area contributed by atoms with Gasteiger partial charge in [0.1, 0.15) is 0 Å². The van der Waals surface area contributed by atoms with Gasteiger partial charge in [-0.1, -0.05) is 24.6 Å². The zero-order valence-electron chi connectivity index (χ0n) is 16.1. The lowest BCUT2D eigenvalue weighted by atomic mass is 10.1. The van der Waals surface area contributed by atoms with Gasteiger partial charge in [-0.05, 0) is 25.5 Å². The SMILES string of the molecule is CCC(CN1CCOCC1)n1cncc1-c1cnn(-c2ccc(C)cc2)c1. The summed E-state index contributed by atoms with van der Waals surface area (Å²) in [6.45, 7) is 9.03. The van der Waals surface area contributed by atoms with Gasteiger partial charge in [0.2, 0.25) is 0 Å². The van der Waals surface area contributed by atoms with Crippen molar-refractivity contribution in [1.29, 1.82) is 0 Å². The fourth-order valence-electron chi connectivity index (χ4n) is 3.61. The maximum atomic E-state index is 5.48. The molecule has 1 aliphatic rings. The van der Waals surface area contributed by atoms with Crippen LogP contribution in [0.4, 0.5) is 0 Å². The van der Waals surface area contributed by atoms with Gasteiger partial charge in [-0.3, -0.25) is 4.90 Å². The number of benzene rings is 1. The molecule has 27 heavy (non-hydrogen) atoms. The molecule has 142 valence electrons. The van der Waals surface area contributed by atoms with Crippen LogP contribution in [-0.4, -0.2) is 57.1 Å². The van der Waals surface area contributed by atoms with E-state index in [1.165, 1.54) is 5.56 Å². The molecule has 1 unspecified atom stereocenters. The van der Waals surface area contributed by atoms with Crippen molar-refractivity contribution in [3.8, 4) is 16.9 Å². The predicted molar refractivity (Wildman–Crippen MR) is 106 cm³/mol. The number of aromatic nitrogens is 4. The molecule has 0 aliphatic carbocycles. The van der Waals surface area contributed by atoms with E-state index in [4.69, 9.17) is 4.74 Å². The molecule has 1 aromatic carbocycles. The quantitative estimate of drug-likeness (QED) is 0.672. The standard InChI is InChI=1S/C21H27N5O/c1-3-19(15-24-8-10-27-11-9-24)25-16-22-13-21(25)18-12-23-26(14-18)20-6-4-17(2)5-7-20/h4-7,12-14,16,19H,3,8-11,15H2,1-2H3. The Kier molecular flexibility index (Phi) is 5.36. The van der Waals surface area contributed by atoms with Gasteiger partial charge < -0.3 is 9.30 Å². The highest BCUT2D eigenvalue weighted by atomic mass is 16.5.